The van der Waals surface area contributed by atoms with Gasteiger partial charge in [-0.3, -0.25) is 9.10 Å². The zero-order valence-corrected chi connectivity index (χ0v) is 18.5. The van der Waals surface area contributed by atoms with E-state index in [1.807, 2.05) is 58.0 Å². The van der Waals surface area contributed by atoms with Gasteiger partial charge in [0.05, 0.1) is 18.0 Å². The fourth-order valence-electron chi connectivity index (χ4n) is 3.11. The first-order valence-electron chi connectivity index (χ1n) is 9.67. The highest BCUT2D eigenvalue weighted by Gasteiger charge is 2.18. The Kier molecular flexibility index (Phi) is 7.67. The lowest BCUT2D eigenvalue weighted by molar-refractivity contribution is -0.116. The number of benzene rings is 2. The van der Waals surface area contributed by atoms with E-state index in [0.717, 1.165) is 11.1 Å². The predicted molar refractivity (Wildman–Crippen MR) is 118 cm³/mol. The molecule has 2 rings (SSSR count). The number of sulfonamides is 1. The van der Waals surface area contributed by atoms with Crippen LogP contribution in [-0.2, 0) is 14.8 Å². The van der Waals surface area contributed by atoms with Crippen molar-refractivity contribution in [3.05, 3.63) is 53.6 Å². The summed E-state index contributed by atoms with van der Waals surface area (Å²) < 4.78 is 31.5. The Hall–Kier alpha value is -2.54. The molecule has 29 heavy (non-hydrogen) atoms. The Balaban J connectivity index is 1.98. The molecule has 1 amide bonds. The van der Waals surface area contributed by atoms with Crippen molar-refractivity contribution in [2.45, 2.75) is 46.6 Å². The van der Waals surface area contributed by atoms with Crippen LogP contribution in [0.5, 0.6) is 5.75 Å². The van der Waals surface area contributed by atoms with Crippen LogP contribution in [0.1, 0.15) is 37.8 Å². The lowest BCUT2D eigenvalue weighted by atomic mass is 10.1. The third-order valence-corrected chi connectivity index (χ3v) is 5.34. The summed E-state index contributed by atoms with van der Waals surface area (Å²) in [6, 6.07) is 12.9. The molecule has 7 heteroatoms. The van der Waals surface area contributed by atoms with Crippen molar-refractivity contribution in [2.75, 3.05) is 22.4 Å². The molecule has 6 nitrogen and oxygen atoms in total. The minimum absolute atomic E-state index is 0.0492. The van der Waals surface area contributed by atoms with Crippen LogP contribution in [0.25, 0.3) is 0 Å². The monoisotopic (exact) mass is 418 g/mol. The van der Waals surface area contributed by atoms with Gasteiger partial charge < -0.3 is 10.1 Å². The fourth-order valence-corrected chi connectivity index (χ4v) is 4.06. The van der Waals surface area contributed by atoms with Gasteiger partial charge in [0, 0.05) is 24.7 Å². The molecule has 0 aliphatic rings. The Morgan fingerprint density at radius 2 is 1.76 bits per heavy atom. The first kappa shape index (κ1) is 22.7. The number of nitrogens with one attached hydrogen (secondary N) is 1. The molecule has 0 unspecified atom stereocenters. The maximum atomic E-state index is 12.3. The molecule has 0 aliphatic carbocycles. The molecule has 0 radical (unpaired) electrons. The molecule has 0 bridgehead atoms. The minimum Gasteiger partial charge on any atom is -0.491 e. The smallest absolute Gasteiger partial charge is 0.232 e. The van der Waals surface area contributed by atoms with Crippen molar-refractivity contribution in [3.63, 3.8) is 0 Å². The largest absolute Gasteiger partial charge is 0.491 e. The minimum atomic E-state index is -3.44. The van der Waals surface area contributed by atoms with Crippen LogP contribution in [-0.4, -0.2) is 33.2 Å². The lowest BCUT2D eigenvalue weighted by Gasteiger charge is -2.23. The molecule has 0 spiro atoms. The van der Waals surface area contributed by atoms with Gasteiger partial charge in [-0.2, -0.15) is 0 Å². The van der Waals surface area contributed by atoms with Crippen molar-refractivity contribution in [1.29, 1.82) is 0 Å². The molecule has 0 aromatic heterocycles. The average Bonchev–Trinajstić information content (AvgIpc) is 2.56. The number of hydrogen-bond acceptors (Lipinski definition) is 4. The van der Waals surface area contributed by atoms with Crippen LogP contribution < -0.4 is 14.4 Å². The van der Waals surface area contributed by atoms with Gasteiger partial charge >= 0.3 is 0 Å². The quantitative estimate of drug-likeness (QED) is 0.660. The average molecular weight is 419 g/mol. The summed E-state index contributed by atoms with van der Waals surface area (Å²) >= 11 is 0. The first-order valence-corrected chi connectivity index (χ1v) is 11.5. The van der Waals surface area contributed by atoms with Crippen LogP contribution >= 0.6 is 0 Å². The molecule has 0 heterocycles. The van der Waals surface area contributed by atoms with Gasteiger partial charge in [-0.1, -0.05) is 12.1 Å². The molecular formula is C22H30N2O4S. The summed E-state index contributed by atoms with van der Waals surface area (Å²) in [5.74, 6) is 0.524. The van der Waals surface area contributed by atoms with Crippen LogP contribution in [0.15, 0.2) is 42.5 Å². The lowest BCUT2D eigenvalue weighted by Crippen LogP contribution is -2.31. The van der Waals surface area contributed by atoms with E-state index in [0.29, 0.717) is 23.5 Å². The predicted octanol–water partition coefficient (Wildman–Crippen LogP) is 4.28. The maximum Gasteiger partial charge on any atom is 0.232 e. The molecular weight excluding hydrogens is 388 g/mol. The van der Waals surface area contributed by atoms with E-state index in [4.69, 9.17) is 4.74 Å². The van der Waals surface area contributed by atoms with Gasteiger partial charge in [-0.15, -0.1) is 0 Å². The standard InChI is InChI=1S/C22H30N2O4S/c1-16(2)28-21-9-6-8-19(15-21)23-22(25)10-7-11-24(29(5,26)27)20-13-17(3)12-18(4)14-20/h6,8-9,12-16H,7,10-11H2,1-5H3,(H,23,25). The topological polar surface area (TPSA) is 75.7 Å². The molecule has 0 fully saturated rings. The molecule has 0 saturated heterocycles. The Labute approximate surface area is 173 Å². The molecule has 0 saturated carbocycles. The second-order valence-corrected chi connectivity index (χ2v) is 9.43. The van der Waals surface area contributed by atoms with Crippen molar-refractivity contribution in [3.8, 4) is 5.75 Å². The highest BCUT2D eigenvalue weighted by molar-refractivity contribution is 7.92. The second kappa shape index (κ2) is 9.78. The summed E-state index contributed by atoms with van der Waals surface area (Å²) in [6.45, 7) is 7.98. The Morgan fingerprint density at radius 1 is 1.10 bits per heavy atom. The van der Waals surface area contributed by atoms with Crippen molar-refractivity contribution in [2.24, 2.45) is 0 Å². The number of anilines is 2. The zero-order valence-electron chi connectivity index (χ0n) is 17.7. The van der Waals surface area contributed by atoms with Gasteiger partial charge in [-0.25, -0.2) is 8.42 Å². The van der Waals surface area contributed by atoms with E-state index < -0.39 is 10.0 Å². The number of hydrogen-bond donors (Lipinski definition) is 1. The third kappa shape index (κ3) is 7.42. The number of nitrogens with zero attached hydrogens (tertiary/aromatic N) is 1. The normalized spacial score (nSPS) is 11.4. The van der Waals surface area contributed by atoms with Gasteiger partial charge in [-0.05, 0) is 69.5 Å². The van der Waals surface area contributed by atoms with Crippen LogP contribution in [0.2, 0.25) is 0 Å². The van der Waals surface area contributed by atoms with Crippen molar-refractivity contribution in [1.82, 2.24) is 0 Å². The molecule has 0 atom stereocenters. The highest BCUT2D eigenvalue weighted by atomic mass is 32.2. The summed E-state index contributed by atoms with van der Waals surface area (Å²) in [6.07, 6.45) is 1.86. The van der Waals surface area contributed by atoms with E-state index in [1.165, 1.54) is 10.6 Å². The van der Waals surface area contributed by atoms with E-state index >= 15 is 0 Å². The van der Waals surface area contributed by atoms with Crippen molar-refractivity contribution >= 4 is 27.3 Å². The molecule has 2 aromatic carbocycles. The fraction of sp³-hybridized carbons (Fsp3) is 0.409. The summed E-state index contributed by atoms with van der Waals surface area (Å²) in [5.41, 5.74) is 3.27. The van der Waals surface area contributed by atoms with Gasteiger partial charge in [0.1, 0.15) is 5.75 Å². The van der Waals surface area contributed by atoms with Crippen LogP contribution in [0, 0.1) is 13.8 Å². The molecule has 0 aliphatic heterocycles. The van der Waals surface area contributed by atoms with E-state index in [2.05, 4.69) is 5.32 Å². The third-order valence-electron chi connectivity index (χ3n) is 4.15. The number of ether oxygens (including phenoxy) is 1. The highest BCUT2D eigenvalue weighted by Crippen LogP contribution is 2.22. The number of amides is 1. The summed E-state index contributed by atoms with van der Waals surface area (Å²) in [5, 5.41) is 2.84. The van der Waals surface area contributed by atoms with Crippen LogP contribution in [0.4, 0.5) is 11.4 Å². The van der Waals surface area contributed by atoms with Crippen molar-refractivity contribution < 1.29 is 17.9 Å². The van der Waals surface area contributed by atoms with Crippen LogP contribution in [0.3, 0.4) is 0 Å². The zero-order chi connectivity index (χ0) is 21.6. The SMILES string of the molecule is Cc1cc(C)cc(N(CCCC(=O)Nc2cccc(OC(C)C)c2)S(C)(=O)=O)c1. The second-order valence-electron chi connectivity index (χ2n) is 7.53. The van der Waals surface area contributed by atoms with Gasteiger partial charge in [0.25, 0.3) is 0 Å². The van der Waals surface area contributed by atoms with Gasteiger partial charge in [0.15, 0.2) is 0 Å². The molecule has 1 N–H and O–H groups in total. The summed E-state index contributed by atoms with van der Waals surface area (Å²) in [4.78, 5) is 12.3. The van der Waals surface area contributed by atoms with E-state index in [-0.39, 0.29) is 25.0 Å². The summed E-state index contributed by atoms with van der Waals surface area (Å²) in [7, 11) is -3.44. The van der Waals surface area contributed by atoms with E-state index in [1.54, 1.807) is 12.1 Å². The number of carbonyl (C=O) groups excluding carboxylic acids is 1. The Bertz CT molecular complexity index is 935. The first-order chi connectivity index (χ1) is 13.5. The number of rotatable bonds is 9. The van der Waals surface area contributed by atoms with E-state index in [9.17, 15) is 13.2 Å². The maximum absolute atomic E-state index is 12.3. The Morgan fingerprint density at radius 3 is 2.34 bits per heavy atom. The number of aryl methyl sites for hydroxylation is 2. The number of carbonyl (C=O) groups is 1. The molecule has 2 aromatic rings. The van der Waals surface area contributed by atoms with Gasteiger partial charge in [0.2, 0.25) is 15.9 Å². The molecule has 158 valence electrons.